The average Bonchev–Trinajstić information content (AvgIpc) is 3.06. The van der Waals surface area contributed by atoms with Gasteiger partial charge in [-0.25, -0.2) is 0 Å². The molecule has 20 heavy (non-hydrogen) atoms. The quantitative estimate of drug-likeness (QED) is 0.281. The van der Waals surface area contributed by atoms with Gasteiger partial charge in [0.05, 0.1) is 0 Å². The average molecular weight is 274 g/mol. The van der Waals surface area contributed by atoms with Crippen molar-refractivity contribution in [3.05, 3.63) is 34.4 Å². The van der Waals surface area contributed by atoms with Crippen molar-refractivity contribution in [1.29, 1.82) is 0 Å². The van der Waals surface area contributed by atoms with Crippen molar-refractivity contribution in [2.75, 3.05) is 0 Å². The lowest BCUT2D eigenvalue weighted by atomic mass is 9.92. The zero-order valence-corrected chi connectivity index (χ0v) is 11.1. The van der Waals surface area contributed by atoms with E-state index in [1.54, 1.807) is 0 Å². The monoisotopic (exact) mass is 274 g/mol. The number of oxime groups is 2. The first kappa shape index (κ1) is 12.8. The Bertz CT molecular complexity index is 560. The van der Waals surface area contributed by atoms with Gasteiger partial charge in [0.15, 0.2) is 0 Å². The van der Waals surface area contributed by atoms with E-state index in [0.29, 0.717) is 0 Å². The Balaban J connectivity index is 2.05. The molecule has 6 nitrogen and oxygen atoms in total. The smallest absolute Gasteiger partial charge is 0.146 e. The fourth-order valence-electron chi connectivity index (χ4n) is 3.48. The van der Waals surface area contributed by atoms with Crippen molar-refractivity contribution < 1.29 is 10.4 Å². The van der Waals surface area contributed by atoms with Gasteiger partial charge in [0.2, 0.25) is 0 Å². The van der Waals surface area contributed by atoms with Gasteiger partial charge >= 0.3 is 0 Å². The molecule has 0 saturated carbocycles. The van der Waals surface area contributed by atoms with Crippen LogP contribution in [0.3, 0.4) is 0 Å². The minimum atomic E-state index is -0.0335. The van der Waals surface area contributed by atoms with Gasteiger partial charge in [-0.15, -0.1) is 0 Å². The largest absolute Gasteiger partial charge is 0.409 e. The van der Waals surface area contributed by atoms with E-state index in [0.717, 1.165) is 36.8 Å². The molecule has 2 aliphatic carbocycles. The molecule has 0 spiro atoms. The first-order valence-corrected chi connectivity index (χ1v) is 6.76. The number of amidine groups is 2. The first-order valence-electron chi connectivity index (χ1n) is 6.76. The van der Waals surface area contributed by atoms with Crippen molar-refractivity contribution in [3.8, 4) is 0 Å². The molecule has 0 amide bonds. The molecule has 3 rings (SSSR count). The molecule has 6 N–H and O–H groups in total. The molecule has 0 fully saturated rings. The highest BCUT2D eigenvalue weighted by molar-refractivity contribution is 5.90. The van der Waals surface area contributed by atoms with Crippen molar-refractivity contribution >= 4 is 11.7 Å². The Morgan fingerprint density at radius 1 is 0.900 bits per heavy atom. The Morgan fingerprint density at radius 2 is 1.35 bits per heavy atom. The topological polar surface area (TPSA) is 117 Å². The minimum Gasteiger partial charge on any atom is -0.409 e. The second-order valence-corrected chi connectivity index (χ2v) is 5.48. The summed E-state index contributed by atoms with van der Waals surface area (Å²) >= 11 is 0. The van der Waals surface area contributed by atoms with Gasteiger partial charge in [-0.2, -0.15) is 0 Å². The molecule has 2 atom stereocenters. The summed E-state index contributed by atoms with van der Waals surface area (Å²) in [5, 5.41) is 24.0. The molecule has 0 radical (unpaired) electrons. The highest BCUT2D eigenvalue weighted by Gasteiger charge is 2.32. The fourth-order valence-corrected chi connectivity index (χ4v) is 3.48. The van der Waals surface area contributed by atoms with Crippen molar-refractivity contribution in [1.82, 2.24) is 0 Å². The third-order valence-electron chi connectivity index (χ3n) is 4.50. The standard InChI is InChI=1S/C14H18N4O2/c15-13(17-19)9-3-1-7-5-8-2-4-10(14(16)18-20)12(8)6-11(7)9/h5-6,9-10,19-20H,1-4H2,(H2,15,17)(H2,16,18). The zero-order chi connectivity index (χ0) is 14.3. The number of benzene rings is 1. The van der Waals surface area contributed by atoms with Crippen LogP contribution in [0.4, 0.5) is 0 Å². The maximum Gasteiger partial charge on any atom is 0.146 e. The van der Waals surface area contributed by atoms with Gasteiger partial charge in [0.25, 0.3) is 0 Å². The molecular weight excluding hydrogens is 256 g/mol. The number of fused-ring (bicyclic) bond motifs is 2. The predicted octanol–water partition coefficient (Wildman–Crippen LogP) is 1.24. The first-order chi connectivity index (χ1) is 9.65. The van der Waals surface area contributed by atoms with Gasteiger partial charge in [-0.1, -0.05) is 22.4 Å². The summed E-state index contributed by atoms with van der Waals surface area (Å²) < 4.78 is 0. The molecule has 0 aromatic heterocycles. The van der Waals surface area contributed by atoms with Crippen molar-refractivity contribution in [2.24, 2.45) is 21.8 Å². The second kappa shape index (κ2) is 4.70. The molecule has 1 aromatic rings. The zero-order valence-electron chi connectivity index (χ0n) is 11.1. The van der Waals surface area contributed by atoms with E-state index in [9.17, 15) is 0 Å². The Morgan fingerprint density at radius 3 is 1.75 bits per heavy atom. The summed E-state index contributed by atoms with van der Waals surface area (Å²) in [5.41, 5.74) is 16.3. The fraction of sp³-hybridized carbons (Fsp3) is 0.429. The molecule has 0 saturated heterocycles. The normalized spacial score (nSPS) is 25.6. The van der Waals surface area contributed by atoms with Crippen LogP contribution in [0.1, 0.15) is 46.9 Å². The predicted molar refractivity (Wildman–Crippen MR) is 75.4 cm³/mol. The lowest BCUT2D eigenvalue weighted by Crippen LogP contribution is -2.21. The minimum absolute atomic E-state index is 0.0335. The van der Waals surface area contributed by atoms with Gasteiger partial charge in [0, 0.05) is 11.8 Å². The van der Waals surface area contributed by atoms with Gasteiger partial charge in [-0.05, 0) is 47.9 Å². The Hall–Kier alpha value is -2.24. The summed E-state index contributed by atoms with van der Waals surface area (Å²) in [6.07, 6.45) is 3.61. The van der Waals surface area contributed by atoms with Crippen LogP contribution in [0.2, 0.25) is 0 Å². The van der Waals surface area contributed by atoms with Crippen molar-refractivity contribution in [3.63, 3.8) is 0 Å². The number of nitrogens with zero attached hydrogens (tertiary/aromatic N) is 2. The molecule has 0 bridgehead atoms. The van der Waals surface area contributed by atoms with E-state index in [2.05, 4.69) is 22.4 Å². The van der Waals surface area contributed by atoms with E-state index in [4.69, 9.17) is 21.9 Å². The highest BCUT2D eigenvalue weighted by Crippen LogP contribution is 2.41. The van der Waals surface area contributed by atoms with Crippen molar-refractivity contribution in [2.45, 2.75) is 37.5 Å². The second-order valence-electron chi connectivity index (χ2n) is 5.48. The molecule has 1 aromatic carbocycles. The van der Waals surface area contributed by atoms with E-state index >= 15 is 0 Å². The molecule has 0 heterocycles. The lowest BCUT2D eigenvalue weighted by Gasteiger charge is -2.14. The van der Waals surface area contributed by atoms with Crippen LogP contribution in [0.15, 0.2) is 22.4 Å². The van der Waals surface area contributed by atoms with Gasteiger partial charge in [0.1, 0.15) is 11.7 Å². The van der Waals surface area contributed by atoms with Gasteiger partial charge in [-0.3, -0.25) is 0 Å². The summed E-state index contributed by atoms with van der Waals surface area (Å²) in [5.74, 6) is 0.437. The van der Waals surface area contributed by atoms with Crippen LogP contribution >= 0.6 is 0 Å². The Labute approximate surface area is 116 Å². The number of hydrogen-bond acceptors (Lipinski definition) is 4. The van der Waals surface area contributed by atoms with Crippen LogP contribution in [-0.4, -0.2) is 22.1 Å². The van der Waals surface area contributed by atoms with E-state index in [-0.39, 0.29) is 23.5 Å². The van der Waals surface area contributed by atoms with Crippen LogP contribution in [0.25, 0.3) is 0 Å². The van der Waals surface area contributed by atoms with E-state index in [1.807, 2.05) is 0 Å². The molecular formula is C14H18N4O2. The number of hydrogen-bond donors (Lipinski definition) is 4. The highest BCUT2D eigenvalue weighted by atomic mass is 16.4. The van der Waals surface area contributed by atoms with Crippen LogP contribution in [0.5, 0.6) is 0 Å². The number of nitrogens with two attached hydrogens (primary N) is 2. The SMILES string of the molecule is N/C(=N\O)C1CCc2cc3c(cc21)C(/C(N)=N/O)CC3. The van der Waals surface area contributed by atoms with Crippen LogP contribution < -0.4 is 11.5 Å². The maximum atomic E-state index is 8.88. The lowest BCUT2D eigenvalue weighted by molar-refractivity contribution is 0.315. The molecule has 0 aliphatic heterocycles. The van der Waals surface area contributed by atoms with Crippen LogP contribution in [0, 0.1) is 0 Å². The maximum absolute atomic E-state index is 8.88. The third-order valence-corrected chi connectivity index (χ3v) is 4.50. The van der Waals surface area contributed by atoms with Crippen LogP contribution in [-0.2, 0) is 12.8 Å². The number of rotatable bonds is 2. The molecule has 2 aliphatic rings. The van der Waals surface area contributed by atoms with E-state index in [1.165, 1.54) is 11.1 Å². The molecule has 106 valence electrons. The number of aryl methyl sites for hydroxylation is 2. The molecule has 6 heteroatoms. The third kappa shape index (κ3) is 1.79. The summed E-state index contributed by atoms with van der Waals surface area (Å²) in [6, 6.07) is 4.29. The van der Waals surface area contributed by atoms with E-state index < -0.39 is 0 Å². The summed E-state index contributed by atoms with van der Waals surface area (Å²) in [7, 11) is 0. The summed E-state index contributed by atoms with van der Waals surface area (Å²) in [6.45, 7) is 0. The van der Waals surface area contributed by atoms with Gasteiger partial charge < -0.3 is 21.9 Å². The summed E-state index contributed by atoms with van der Waals surface area (Å²) in [4.78, 5) is 0. The molecule has 2 unspecified atom stereocenters. The Kier molecular flexibility index (Phi) is 3.00.